The molecular formula is C15H16O5. The van der Waals surface area contributed by atoms with E-state index in [2.05, 4.69) is 0 Å². The van der Waals surface area contributed by atoms with Crippen molar-refractivity contribution >= 4 is 16.9 Å². The first-order chi connectivity index (χ1) is 9.63. The van der Waals surface area contributed by atoms with Crippen molar-refractivity contribution in [2.75, 3.05) is 6.61 Å². The van der Waals surface area contributed by atoms with Crippen molar-refractivity contribution in [1.29, 1.82) is 0 Å². The number of carbonyl (C=O) groups is 1. The van der Waals surface area contributed by atoms with E-state index in [0.29, 0.717) is 24.4 Å². The molecule has 1 unspecified atom stereocenters. The maximum absolute atomic E-state index is 11.7. The van der Waals surface area contributed by atoms with Gasteiger partial charge in [-0.3, -0.25) is 0 Å². The monoisotopic (exact) mass is 276 g/mol. The Kier molecular flexibility index (Phi) is 4.40. The molecule has 1 aromatic heterocycles. The molecule has 0 aliphatic heterocycles. The first-order valence-corrected chi connectivity index (χ1v) is 6.51. The number of esters is 1. The lowest BCUT2D eigenvalue weighted by molar-refractivity contribution is -0.151. The minimum absolute atomic E-state index is 0.311. The van der Waals surface area contributed by atoms with E-state index in [0.717, 1.165) is 5.39 Å². The molecule has 0 fully saturated rings. The molecular weight excluding hydrogens is 260 g/mol. The Labute approximate surface area is 116 Å². The average molecular weight is 276 g/mol. The molecule has 0 aliphatic carbocycles. The van der Waals surface area contributed by atoms with E-state index in [1.54, 1.807) is 31.2 Å². The van der Waals surface area contributed by atoms with Crippen LogP contribution in [0.15, 0.2) is 39.5 Å². The number of hydrogen-bond acceptors (Lipinski definition) is 5. The zero-order valence-electron chi connectivity index (χ0n) is 11.4. The molecule has 5 nitrogen and oxygen atoms in total. The lowest BCUT2D eigenvalue weighted by Crippen LogP contribution is -2.28. The summed E-state index contributed by atoms with van der Waals surface area (Å²) in [7, 11) is 0. The van der Waals surface area contributed by atoms with E-state index in [4.69, 9.17) is 13.9 Å². The van der Waals surface area contributed by atoms with E-state index in [1.807, 2.05) is 6.92 Å². The molecule has 0 bridgehead atoms. The van der Waals surface area contributed by atoms with Crippen molar-refractivity contribution in [2.24, 2.45) is 0 Å². The van der Waals surface area contributed by atoms with Crippen LogP contribution in [0.4, 0.5) is 0 Å². The third-order valence-corrected chi connectivity index (χ3v) is 2.79. The highest BCUT2D eigenvalue weighted by Crippen LogP contribution is 2.21. The molecule has 2 rings (SSSR count). The molecule has 1 heterocycles. The van der Waals surface area contributed by atoms with Crippen molar-refractivity contribution in [3.05, 3.63) is 40.8 Å². The van der Waals surface area contributed by atoms with Crippen LogP contribution in [0.5, 0.6) is 5.75 Å². The SMILES string of the molecule is CCOC(=O)C(CC)Oc1ccc2ccc(=O)oc2c1. The number of ether oxygens (including phenoxy) is 2. The maximum atomic E-state index is 11.7. The van der Waals surface area contributed by atoms with Crippen molar-refractivity contribution in [3.63, 3.8) is 0 Å². The minimum Gasteiger partial charge on any atom is -0.479 e. The second-order valence-corrected chi connectivity index (χ2v) is 4.22. The highest BCUT2D eigenvalue weighted by Gasteiger charge is 2.19. The summed E-state index contributed by atoms with van der Waals surface area (Å²) >= 11 is 0. The highest BCUT2D eigenvalue weighted by atomic mass is 16.6. The Morgan fingerprint density at radius 2 is 2.00 bits per heavy atom. The topological polar surface area (TPSA) is 65.7 Å². The number of rotatable bonds is 5. The smallest absolute Gasteiger partial charge is 0.347 e. The minimum atomic E-state index is -0.664. The molecule has 0 N–H and O–H groups in total. The molecule has 0 saturated carbocycles. The van der Waals surface area contributed by atoms with E-state index in [1.165, 1.54) is 6.07 Å². The van der Waals surface area contributed by atoms with Gasteiger partial charge in [-0.05, 0) is 31.5 Å². The van der Waals surface area contributed by atoms with E-state index in [9.17, 15) is 9.59 Å². The van der Waals surface area contributed by atoms with Crippen LogP contribution in [-0.4, -0.2) is 18.7 Å². The predicted molar refractivity (Wildman–Crippen MR) is 73.8 cm³/mol. The van der Waals surface area contributed by atoms with Crippen molar-refractivity contribution in [1.82, 2.24) is 0 Å². The van der Waals surface area contributed by atoms with Gasteiger partial charge in [0, 0.05) is 17.5 Å². The molecule has 1 aromatic carbocycles. The fourth-order valence-electron chi connectivity index (χ4n) is 1.81. The Hall–Kier alpha value is -2.30. The van der Waals surface area contributed by atoms with Gasteiger partial charge < -0.3 is 13.9 Å². The first kappa shape index (κ1) is 14.1. The number of benzene rings is 1. The van der Waals surface area contributed by atoms with Crippen LogP contribution in [0.25, 0.3) is 11.0 Å². The fraction of sp³-hybridized carbons (Fsp3) is 0.333. The molecule has 20 heavy (non-hydrogen) atoms. The van der Waals surface area contributed by atoms with Crippen LogP contribution in [-0.2, 0) is 9.53 Å². The van der Waals surface area contributed by atoms with Crippen LogP contribution >= 0.6 is 0 Å². The molecule has 1 atom stereocenters. The summed E-state index contributed by atoms with van der Waals surface area (Å²) < 4.78 is 15.6. The summed E-state index contributed by atoms with van der Waals surface area (Å²) in [6.45, 7) is 3.89. The van der Waals surface area contributed by atoms with Gasteiger partial charge in [0.05, 0.1) is 6.61 Å². The van der Waals surface area contributed by atoms with Gasteiger partial charge in [-0.2, -0.15) is 0 Å². The van der Waals surface area contributed by atoms with Crippen LogP contribution in [0.3, 0.4) is 0 Å². The Bertz CT molecular complexity index is 659. The van der Waals surface area contributed by atoms with Crippen LogP contribution in [0, 0.1) is 0 Å². The van der Waals surface area contributed by atoms with Gasteiger partial charge in [0.25, 0.3) is 0 Å². The lowest BCUT2D eigenvalue weighted by atomic mass is 10.2. The Morgan fingerprint density at radius 1 is 1.25 bits per heavy atom. The third kappa shape index (κ3) is 3.17. The van der Waals surface area contributed by atoms with Gasteiger partial charge in [-0.25, -0.2) is 9.59 Å². The molecule has 2 aromatic rings. The van der Waals surface area contributed by atoms with Gasteiger partial charge in [0.2, 0.25) is 0 Å². The zero-order chi connectivity index (χ0) is 14.5. The van der Waals surface area contributed by atoms with Gasteiger partial charge in [0.1, 0.15) is 11.3 Å². The average Bonchev–Trinajstić information content (AvgIpc) is 2.44. The Morgan fingerprint density at radius 3 is 2.70 bits per heavy atom. The molecule has 0 saturated heterocycles. The van der Waals surface area contributed by atoms with E-state index in [-0.39, 0.29) is 0 Å². The van der Waals surface area contributed by atoms with E-state index >= 15 is 0 Å². The fourth-order valence-corrected chi connectivity index (χ4v) is 1.81. The highest BCUT2D eigenvalue weighted by molar-refractivity contribution is 5.78. The zero-order valence-corrected chi connectivity index (χ0v) is 11.4. The molecule has 0 radical (unpaired) electrons. The number of carbonyl (C=O) groups excluding carboxylic acids is 1. The first-order valence-electron chi connectivity index (χ1n) is 6.51. The van der Waals surface area contributed by atoms with Gasteiger partial charge in [-0.1, -0.05) is 6.92 Å². The normalized spacial score (nSPS) is 12.1. The summed E-state index contributed by atoms with van der Waals surface area (Å²) in [6.07, 6.45) is -0.168. The van der Waals surface area contributed by atoms with Gasteiger partial charge in [-0.15, -0.1) is 0 Å². The van der Waals surface area contributed by atoms with Crippen molar-refractivity contribution in [3.8, 4) is 5.75 Å². The molecule has 0 amide bonds. The lowest BCUT2D eigenvalue weighted by Gasteiger charge is -2.16. The second-order valence-electron chi connectivity index (χ2n) is 4.22. The molecule has 0 spiro atoms. The van der Waals surface area contributed by atoms with Crippen LogP contribution < -0.4 is 10.4 Å². The standard InChI is InChI=1S/C15H16O5/c1-3-12(15(17)18-4-2)19-11-7-5-10-6-8-14(16)20-13(10)9-11/h5-9,12H,3-4H2,1-2H3. The summed E-state index contributed by atoms with van der Waals surface area (Å²) in [5.41, 5.74) is 0.000737. The van der Waals surface area contributed by atoms with Crippen LogP contribution in [0.2, 0.25) is 0 Å². The quantitative estimate of drug-likeness (QED) is 0.620. The Balaban J connectivity index is 2.24. The summed E-state index contributed by atoms with van der Waals surface area (Å²) in [4.78, 5) is 22.9. The summed E-state index contributed by atoms with van der Waals surface area (Å²) in [5, 5.41) is 0.793. The maximum Gasteiger partial charge on any atom is 0.347 e. The number of fused-ring (bicyclic) bond motifs is 1. The third-order valence-electron chi connectivity index (χ3n) is 2.79. The van der Waals surface area contributed by atoms with Crippen LogP contribution in [0.1, 0.15) is 20.3 Å². The predicted octanol–water partition coefficient (Wildman–Crippen LogP) is 2.51. The van der Waals surface area contributed by atoms with E-state index < -0.39 is 17.7 Å². The largest absolute Gasteiger partial charge is 0.479 e. The van der Waals surface area contributed by atoms with Gasteiger partial charge >= 0.3 is 11.6 Å². The molecule has 5 heteroatoms. The number of hydrogen-bond donors (Lipinski definition) is 0. The molecule has 0 aliphatic rings. The summed E-state index contributed by atoms with van der Waals surface area (Å²) in [6, 6.07) is 8.12. The van der Waals surface area contributed by atoms with Crippen molar-refractivity contribution in [2.45, 2.75) is 26.4 Å². The van der Waals surface area contributed by atoms with Gasteiger partial charge in [0.15, 0.2) is 6.10 Å². The summed E-state index contributed by atoms with van der Waals surface area (Å²) in [5.74, 6) is 0.0661. The second kappa shape index (κ2) is 6.23. The van der Waals surface area contributed by atoms with Crippen molar-refractivity contribution < 1.29 is 18.7 Å². The molecule has 106 valence electrons.